The van der Waals surface area contributed by atoms with Gasteiger partial charge in [-0.1, -0.05) is 30.2 Å². The Labute approximate surface area is 198 Å². The SMILES string of the molecule is Cc1cc(F)ccc1S(=O)(=O)N1CCCC[C@@H]1CCNC(=O)C(=O)NCc1ccc(Cl)cc1. The van der Waals surface area contributed by atoms with Crippen molar-refractivity contribution in [3.05, 3.63) is 64.4 Å². The minimum Gasteiger partial charge on any atom is -0.348 e. The lowest BCUT2D eigenvalue weighted by Crippen LogP contribution is -2.46. The summed E-state index contributed by atoms with van der Waals surface area (Å²) in [5.41, 5.74) is 1.16. The molecule has 2 aromatic carbocycles. The van der Waals surface area contributed by atoms with Gasteiger partial charge in [-0.3, -0.25) is 9.59 Å². The summed E-state index contributed by atoms with van der Waals surface area (Å²) in [6.07, 6.45) is 2.62. The van der Waals surface area contributed by atoms with Gasteiger partial charge in [-0.05, 0) is 67.6 Å². The lowest BCUT2D eigenvalue weighted by atomic mass is 10.0. The van der Waals surface area contributed by atoms with Crippen LogP contribution in [0.1, 0.15) is 36.8 Å². The van der Waals surface area contributed by atoms with Crippen LogP contribution in [0, 0.1) is 12.7 Å². The van der Waals surface area contributed by atoms with Crippen LogP contribution in [0.5, 0.6) is 0 Å². The molecule has 2 amide bonds. The van der Waals surface area contributed by atoms with Gasteiger partial charge in [0, 0.05) is 30.7 Å². The number of aryl methyl sites for hydroxylation is 1. The molecular weight excluding hydrogens is 469 g/mol. The van der Waals surface area contributed by atoms with Gasteiger partial charge in [0.2, 0.25) is 10.0 Å². The zero-order valence-corrected chi connectivity index (χ0v) is 19.9. The van der Waals surface area contributed by atoms with E-state index in [1.54, 1.807) is 31.2 Å². The van der Waals surface area contributed by atoms with Crippen LogP contribution >= 0.6 is 11.6 Å². The number of rotatable bonds is 7. The average Bonchev–Trinajstić information content (AvgIpc) is 2.78. The first-order chi connectivity index (χ1) is 15.7. The molecule has 3 rings (SSSR count). The second kappa shape index (κ2) is 11.1. The monoisotopic (exact) mass is 495 g/mol. The third kappa shape index (κ3) is 6.52. The van der Waals surface area contributed by atoms with Gasteiger partial charge in [0.15, 0.2) is 0 Å². The number of hydrogen-bond donors (Lipinski definition) is 2. The minimum atomic E-state index is -3.80. The van der Waals surface area contributed by atoms with Gasteiger partial charge in [-0.2, -0.15) is 4.31 Å². The molecule has 7 nitrogen and oxygen atoms in total. The van der Waals surface area contributed by atoms with Crippen molar-refractivity contribution >= 4 is 33.4 Å². The van der Waals surface area contributed by atoms with Crippen molar-refractivity contribution in [1.29, 1.82) is 0 Å². The number of halogens is 2. The number of benzene rings is 2. The highest BCUT2D eigenvalue weighted by Gasteiger charge is 2.34. The average molecular weight is 496 g/mol. The van der Waals surface area contributed by atoms with E-state index in [9.17, 15) is 22.4 Å². The number of piperidine rings is 1. The summed E-state index contributed by atoms with van der Waals surface area (Å²) in [6, 6.07) is 10.2. The normalized spacial score (nSPS) is 16.9. The molecule has 0 aromatic heterocycles. The van der Waals surface area contributed by atoms with Crippen LogP contribution in [0.2, 0.25) is 5.02 Å². The molecule has 10 heteroatoms. The van der Waals surface area contributed by atoms with Crippen molar-refractivity contribution in [3.8, 4) is 0 Å². The van der Waals surface area contributed by atoms with Gasteiger partial charge in [0.05, 0.1) is 4.90 Å². The van der Waals surface area contributed by atoms with E-state index in [0.29, 0.717) is 30.0 Å². The fourth-order valence-electron chi connectivity index (χ4n) is 3.90. The van der Waals surface area contributed by atoms with Gasteiger partial charge < -0.3 is 10.6 Å². The summed E-state index contributed by atoms with van der Waals surface area (Å²) in [4.78, 5) is 24.3. The Bertz CT molecular complexity index is 1110. The molecule has 0 radical (unpaired) electrons. The predicted molar refractivity (Wildman–Crippen MR) is 124 cm³/mol. The molecule has 178 valence electrons. The lowest BCUT2D eigenvalue weighted by Gasteiger charge is -2.35. The Kier molecular flexibility index (Phi) is 8.45. The van der Waals surface area contributed by atoms with Crippen molar-refractivity contribution in [2.24, 2.45) is 0 Å². The minimum absolute atomic E-state index is 0.0846. The van der Waals surface area contributed by atoms with Gasteiger partial charge in [-0.15, -0.1) is 0 Å². The van der Waals surface area contributed by atoms with E-state index in [4.69, 9.17) is 11.6 Å². The number of nitrogens with one attached hydrogen (secondary N) is 2. The molecule has 1 aliphatic rings. The van der Waals surface area contributed by atoms with Crippen molar-refractivity contribution in [1.82, 2.24) is 14.9 Å². The Morgan fingerprint density at radius 2 is 1.79 bits per heavy atom. The molecule has 0 aliphatic carbocycles. The zero-order valence-electron chi connectivity index (χ0n) is 18.3. The summed E-state index contributed by atoms with van der Waals surface area (Å²) in [5, 5.41) is 5.68. The van der Waals surface area contributed by atoms with E-state index in [2.05, 4.69) is 10.6 Å². The van der Waals surface area contributed by atoms with Gasteiger partial charge in [0.1, 0.15) is 5.82 Å². The quantitative estimate of drug-likeness (QED) is 0.577. The van der Waals surface area contributed by atoms with Crippen molar-refractivity contribution < 1.29 is 22.4 Å². The third-order valence-electron chi connectivity index (χ3n) is 5.63. The summed E-state index contributed by atoms with van der Waals surface area (Å²) in [7, 11) is -3.80. The first kappa shape index (κ1) is 25.1. The zero-order chi connectivity index (χ0) is 24.0. The van der Waals surface area contributed by atoms with Crippen LogP contribution in [-0.2, 0) is 26.2 Å². The number of amides is 2. The maximum Gasteiger partial charge on any atom is 0.309 e. The second-order valence-electron chi connectivity index (χ2n) is 8.03. The largest absolute Gasteiger partial charge is 0.348 e. The van der Waals surface area contributed by atoms with Crippen molar-refractivity contribution in [2.75, 3.05) is 13.1 Å². The topological polar surface area (TPSA) is 95.6 Å². The van der Waals surface area contributed by atoms with Crippen LogP contribution in [0.4, 0.5) is 4.39 Å². The molecule has 2 N–H and O–H groups in total. The lowest BCUT2D eigenvalue weighted by molar-refractivity contribution is -0.139. The molecule has 1 saturated heterocycles. The molecule has 0 spiro atoms. The van der Waals surface area contributed by atoms with E-state index in [0.717, 1.165) is 24.5 Å². The predicted octanol–water partition coefficient (Wildman–Crippen LogP) is 3.15. The maximum absolute atomic E-state index is 13.4. The number of nitrogens with zero attached hydrogens (tertiary/aromatic N) is 1. The molecule has 2 aromatic rings. The molecule has 1 aliphatic heterocycles. The highest BCUT2D eigenvalue weighted by atomic mass is 35.5. The van der Waals surface area contributed by atoms with E-state index in [1.165, 1.54) is 16.4 Å². The van der Waals surface area contributed by atoms with E-state index in [1.807, 2.05) is 0 Å². The highest BCUT2D eigenvalue weighted by molar-refractivity contribution is 7.89. The Morgan fingerprint density at radius 1 is 1.09 bits per heavy atom. The van der Waals surface area contributed by atoms with Crippen LogP contribution in [0.15, 0.2) is 47.4 Å². The molecule has 1 fully saturated rings. The molecular formula is C23H27ClFN3O4S. The summed E-state index contributed by atoms with van der Waals surface area (Å²) in [6.45, 7) is 2.28. The first-order valence-corrected chi connectivity index (χ1v) is 12.6. The smallest absolute Gasteiger partial charge is 0.309 e. The van der Waals surface area contributed by atoms with Crippen LogP contribution in [0.25, 0.3) is 0 Å². The maximum atomic E-state index is 13.4. The summed E-state index contributed by atoms with van der Waals surface area (Å²) < 4.78 is 41.3. The second-order valence-corrected chi connectivity index (χ2v) is 10.3. The third-order valence-corrected chi connectivity index (χ3v) is 8.00. The molecule has 0 bridgehead atoms. The molecule has 33 heavy (non-hydrogen) atoms. The van der Waals surface area contributed by atoms with Crippen LogP contribution < -0.4 is 10.6 Å². The van der Waals surface area contributed by atoms with Gasteiger partial charge in [-0.25, -0.2) is 12.8 Å². The highest BCUT2D eigenvalue weighted by Crippen LogP contribution is 2.28. The number of sulfonamides is 1. The Hall–Kier alpha value is -2.49. The molecule has 1 atom stereocenters. The molecule has 0 saturated carbocycles. The fourth-order valence-corrected chi connectivity index (χ4v) is 5.96. The van der Waals surface area contributed by atoms with Gasteiger partial charge >= 0.3 is 11.8 Å². The standard InChI is InChI=1S/C23H27ClFN3O4S/c1-16-14-19(25)9-10-21(16)33(31,32)28-13-3-2-4-20(28)11-12-26-22(29)23(30)27-15-17-5-7-18(24)8-6-17/h5-10,14,20H,2-4,11-13,15H2,1H3,(H,26,29)(H,27,30)/t20-/m1/s1. The van der Waals surface area contributed by atoms with E-state index in [-0.39, 0.29) is 24.0 Å². The first-order valence-electron chi connectivity index (χ1n) is 10.8. The van der Waals surface area contributed by atoms with Gasteiger partial charge in [0.25, 0.3) is 0 Å². The van der Waals surface area contributed by atoms with E-state index >= 15 is 0 Å². The van der Waals surface area contributed by atoms with E-state index < -0.39 is 27.7 Å². The fraction of sp³-hybridized carbons (Fsp3) is 0.391. The molecule has 0 unspecified atom stereocenters. The molecule has 1 heterocycles. The van der Waals surface area contributed by atoms with Crippen molar-refractivity contribution in [2.45, 2.75) is 50.1 Å². The number of carbonyl (C=O) groups excluding carboxylic acids is 2. The Balaban J connectivity index is 1.55. The van der Waals surface area contributed by atoms with Crippen LogP contribution in [0.3, 0.4) is 0 Å². The number of hydrogen-bond acceptors (Lipinski definition) is 4. The Morgan fingerprint density at radius 3 is 2.48 bits per heavy atom. The van der Waals surface area contributed by atoms with Crippen molar-refractivity contribution in [3.63, 3.8) is 0 Å². The van der Waals surface area contributed by atoms with Crippen LogP contribution in [-0.4, -0.2) is 43.7 Å². The summed E-state index contributed by atoms with van der Waals surface area (Å²) >= 11 is 5.83. The number of carbonyl (C=O) groups is 2. The summed E-state index contributed by atoms with van der Waals surface area (Å²) in [5.74, 6) is -2.03.